The Hall–Kier alpha value is -1.19. The third-order valence-electron chi connectivity index (χ3n) is 2.95. The van der Waals surface area contributed by atoms with Gasteiger partial charge in [-0.05, 0) is 19.4 Å². The third-order valence-corrected chi connectivity index (χ3v) is 3.91. The van der Waals surface area contributed by atoms with Crippen LogP contribution in [0.2, 0.25) is 0 Å². The van der Waals surface area contributed by atoms with E-state index in [2.05, 4.69) is 35.0 Å². The Morgan fingerprint density at radius 3 is 2.88 bits per heavy atom. The molecule has 2 nitrogen and oxygen atoms in total. The highest BCUT2D eigenvalue weighted by Gasteiger charge is 2.19. The first-order valence-electron chi connectivity index (χ1n) is 5.68. The van der Waals surface area contributed by atoms with Gasteiger partial charge in [-0.3, -0.25) is 0 Å². The summed E-state index contributed by atoms with van der Waals surface area (Å²) in [6.45, 7) is 1.13. The van der Waals surface area contributed by atoms with Crippen molar-refractivity contribution < 1.29 is 0 Å². The van der Waals surface area contributed by atoms with E-state index >= 15 is 0 Å². The van der Waals surface area contributed by atoms with Gasteiger partial charge in [0, 0.05) is 10.9 Å². The van der Waals surface area contributed by atoms with Gasteiger partial charge in [-0.2, -0.15) is 0 Å². The average molecular weight is 230 g/mol. The molecule has 82 valence electrons. The summed E-state index contributed by atoms with van der Waals surface area (Å²) in [5.41, 5.74) is 2.32. The molecule has 1 aliphatic rings. The molecule has 0 spiro atoms. The highest BCUT2D eigenvalue weighted by molar-refractivity contribution is 7.10. The van der Waals surface area contributed by atoms with Gasteiger partial charge in [0.15, 0.2) is 0 Å². The van der Waals surface area contributed by atoms with E-state index in [9.17, 15) is 0 Å². The van der Waals surface area contributed by atoms with Gasteiger partial charge in [0.05, 0.1) is 11.7 Å². The summed E-state index contributed by atoms with van der Waals surface area (Å²) < 4.78 is 0. The van der Waals surface area contributed by atoms with Crippen molar-refractivity contribution in [2.24, 2.45) is 0 Å². The Balaban J connectivity index is 1.87. The Labute approximate surface area is 99.4 Å². The zero-order valence-electron chi connectivity index (χ0n) is 9.02. The lowest BCUT2D eigenvalue weighted by Crippen LogP contribution is -2.12. The molecule has 2 aromatic rings. The summed E-state index contributed by atoms with van der Waals surface area (Å²) in [4.78, 5) is 4.72. The van der Waals surface area contributed by atoms with Crippen molar-refractivity contribution in [2.75, 3.05) is 6.54 Å². The fraction of sp³-hybridized carbons (Fsp3) is 0.308. The molecule has 0 bridgehead atoms. The van der Waals surface area contributed by atoms with Crippen LogP contribution in [0, 0.1) is 0 Å². The monoisotopic (exact) mass is 230 g/mol. The standard InChI is InChI=1S/C13H14N2S/c1-2-5-10(6-3-1)12-9-16-13(15-12)11-7-4-8-14-11/h1-3,5-6,9,11,14H,4,7-8H2. The first-order chi connectivity index (χ1) is 7.93. The van der Waals surface area contributed by atoms with Gasteiger partial charge >= 0.3 is 0 Å². The molecule has 0 saturated carbocycles. The summed E-state index contributed by atoms with van der Waals surface area (Å²) in [5.74, 6) is 0. The van der Waals surface area contributed by atoms with Crippen LogP contribution in [0.1, 0.15) is 23.9 Å². The minimum atomic E-state index is 0.488. The van der Waals surface area contributed by atoms with E-state index in [1.54, 1.807) is 11.3 Å². The average Bonchev–Trinajstić information content (AvgIpc) is 3.01. The molecule has 1 unspecified atom stereocenters. The Kier molecular flexibility index (Phi) is 2.72. The van der Waals surface area contributed by atoms with E-state index in [4.69, 9.17) is 4.98 Å². The maximum absolute atomic E-state index is 4.72. The molecule has 1 saturated heterocycles. The van der Waals surface area contributed by atoms with Crippen LogP contribution >= 0.6 is 11.3 Å². The molecule has 0 radical (unpaired) electrons. The molecular weight excluding hydrogens is 216 g/mol. The Morgan fingerprint density at radius 1 is 1.25 bits per heavy atom. The van der Waals surface area contributed by atoms with Crippen molar-refractivity contribution in [1.29, 1.82) is 0 Å². The van der Waals surface area contributed by atoms with Gasteiger partial charge in [0.2, 0.25) is 0 Å². The number of thiazole rings is 1. The molecule has 0 amide bonds. The topological polar surface area (TPSA) is 24.9 Å². The number of rotatable bonds is 2. The predicted octanol–water partition coefficient (Wildman–Crippen LogP) is 3.23. The second-order valence-electron chi connectivity index (χ2n) is 4.09. The van der Waals surface area contributed by atoms with Crippen LogP contribution in [0.5, 0.6) is 0 Å². The largest absolute Gasteiger partial charge is 0.308 e. The van der Waals surface area contributed by atoms with Crippen LogP contribution in [0.3, 0.4) is 0 Å². The molecule has 1 fully saturated rings. The molecular formula is C13H14N2S. The van der Waals surface area contributed by atoms with Crippen molar-refractivity contribution in [3.8, 4) is 11.3 Å². The van der Waals surface area contributed by atoms with Gasteiger partial charge in [0.1, 0.15) is 5.01 Å². The van der Waals surface area contributed by atoms with Crippen LogP contribution in [-0.4, -0.2) is 11.5 Å². The van der Waals surface area contributed by atoms with Crippen LogP contribution in [0.4, 0.5) is 0 Å². The molecule has 0 aliphatic carbocycles. The first kappa shape index (κ1) is 10.00. The number of nitrogens with zero attached hydrogens (tertiary/aromatic N) is 1. The molecule has 1 aliphatic heterocycles. The number of aromatic nitrogens is 1. The van der Waals surface area contributed by atoms with E-state index < -0.39 is 0 Å². The van der Waals surface area contributed by atoms with Crippen molar-refractivity contribution in [3.05, 3.63) is 40.7 Å². The third kappa shape index (κ3) is 1.88. The molecule has 1 aromatic carbocycles. The smallest absolute Gasteiger partial charge is 0.110 e. The number of benzene rings is 1. The second kappa shape index (κ2) is 4.36. The van der Waals surface area contributed by atoms with Gasteiger partial charge in [-0.1, -0.05) is 30.3 Å². The molecule has 16 heavy (non-hydrogen) atoms. The Bertz CT molecular complexity index is 458. The number of nitrogens with one attached hydrogen (secondary N) is 1. The van der Waals surface area contributed by atoms with Crippen LogP contribution in [0.25, 0.3) is 11.3 Å². The SMILES string of the molecule is c1ccc(-c2csc(C3CCCN3)n2)cc1. The summed E-state index contributed by atoms with van der Waals surface area (Å²) in [6.07, 6.45) is 2.49. The fourth-order valence-corrected chi connectivity index (χ4v) is 3.02. The van der Waals surface area contributed by atoms with E-state index in [1.807, 2.05) is 6.07 Å². The van der Waals surface area contributed by atoms with Crippen LogP contribution < -0.4 is 5.32 Å². The summed E-state index contributed by atoms with van der Waals surface area (Å²) in [7, 11) is 0. The second-order valence-corrected chi connectivity index (χ2v) is 4.98. The number of hydrogen-bond donors (Lipinski definition) is 1. The molecule has 1 atom stereocenters. The lowest BCUT2D eigenvalue weighted by atomic mass is 10.2. The molecule has 3 heteroatoms. The van der Waals surface area contributed by atoms with E-state index in [-0.39, 0.29) is 0 Å². The normalized spacial score (nSPS) is 20.1. The number of hydrogen-bond acceptors (Lipinski definition) is 3. The first-order valence-corrected chi connectivity index (χ1v) is 6.56. The highest BCUT2D eigenvalue weighted by Crippen LogP contribution is 2.29. The van der Waals surface area contributed by atoms with Crippen LogP contribution in [0.15, 0.2) is 35.7 Å². The van der Waals surface area contributed by atoms with Crippen molar-refractivity contribution >= 4 is 11.3 Å². The van der Waals surface area contributed by atoms with Gasteiger partial charge < -0.3 is 5.32 Å². The fourth-order valence-electron chi connectivity index (χ4n) is 2.08. The minimum Gasteiger partial charge on any atom is -0.308 e. The molecule has 3 rings (SSSR count). The molecule has 2 heterocycles. The zero-order chi connectivity index (χ0) is 10.8. The molecule has 1 aromatic heterocycles. The predicted molar refractivity (Wildman–Crippen MR) is 67.5 cm³/mol. The Morgan fingerprint density at radius 2 is 2.12 bits per heavy atom. The van der Waals surface area contributed by atoms with Gasteiger partial charge in [0.25, 0.3) is 0 Å². The zero-order valence-corrected chi connectivity index (χ0v) is 9.83. The molecule has 1 N–H and O–H groups in total. The van der Waals surface area contributed by atoms with Crippen molar-refractivity contribution in [1.82, 2.24) is 10.3 Å². The summed E-state index contributed by atoms with van der Waals surface area (Å²) in [6, 6.07) is 10.9. The lowest BCUT2D eigenvalue weighted by molar-refractivity contribution is 0.643. The summed E-state index contributed by atoms with van der Waals surface area (Å²) >= 11 is 1.77. The lowest BCUT2D eigenvalue weighted by Gasteiger charge is -2.04. The minimum absolute atomic E-state index is 0.488. The van der Waals surface area contributed by atoms with Gasteiger partial charge in [-0.25, -0.2) is 4.98 Å². The van der Waals surface area contributed by atoms with E-state index in [1.165, 1.54) is 23.4 Å². The quantitative estimate of drug-likeness (QED) is 0.856. The van der Waals surface area contributed by atoms with Crippen molar-refractivity contribution in [3.63, 3.8) is 0 Å². The van der Waals surface area contributed by atoms with E-state index in [0.717, 1.165) is 12.2 Å². The summed E-state index contributed by atoms with van der Waals surface area (Å²) in [5, 5.41) is 6.88. The van der Waals surface area contributed by atoms with Crippen molar-refractivity contribution in [2.45, 2.75) is 18.9 Å². The highest BCUT2D eigenvalue weighted by atomic mass is 32.1. The van der Waals surface area contributed by atoms with Crippen LogP contribution in [-0.2, 0) is 0 Å². The maximum atomic E-state index is 4.72. The van der Waals surface area contributed by atoms with Gasteiger partial charge in [-0.15, -0.1) is 11.3 Å². The van der Waals surface area contributed by atoms with E-state index in [0.29, 0.717) is 6.04 Å². The maximum Gasteiger partial charge on any atom is 0.110 e.